The van der Waals surface area contributed by atoms with Gasteiger partial charge < -0.3 is 24.3 Å². The number of nitrogens with one attached hydrogen (secondary N) is 1. The summed E-state index contributed by atoms with van der Waals surface area (Å²) in [5, 5.41) is 3.20. The van der Waals surface area contributed by atoms with Crippen molar-refractivity contribution >= 4 is 28.3 Å². The highest BCUT2D eigenvalue weighted by Crippen LogP contribution is 2.35. The van der Waals surface area contributed by atoms with E-state index in [0.29, 0.717) is 45.5 Å². The van der Waals surface area contributed by atoms with Gasteiger partial charge in [-0.25, -0.2) is 9.97 Å². The Hall–Kier alpha value is -4.66. The van der Waals surface area contributed by atoms with Gasteiger partial charge in [0.15, 0.2) is 11.5 Å². The molecule has 0 unspecified atom stereocenters. The molecule has 0 aliphatic rings. The van der Waals surface area contributed by atoms with Gasteiger partial charge in [-0.2, -0.15) is 0 Å². The number of carbonyl (C=O) groups excluding carboxylic acids is 2. The summed E-state index contributed by atoms with van der Waals surface area (Å²) in [6.07, 6.45) is 1.38. The van der Waals surface area contributed by atoms with Crippen LogP contribution in [0.4, 0.5) is 5.69 Å². The molecule has 9 heteroatoms. The summed E-state index contributed by atoms with van der Waals surface area (Å²) in [7, 11) is 4.63. The lowest BCUT2D eigenvalue weighted by Crippen LogP contribution is -2.22. The quantitative estimate of drug-likeness (QED) is 0.307. The molecule has 9 nitrogen and oxygen atoms in total. The van der Waals surface area contributed by atoms with Crippen LogP contribution in [-0.4, -0.2) is 43.0 Å². The van der Waals surface area contributed by atoms with Crippen LogP contribution in [0.5, 0.6) is 28.9 Å². The molecule has 0 saturated carbocycles. The molecule has 0 saturated heterocycles. The number of carbonyl (C=O) groups is 2. The third-order valence-corrected chi connectivity index (χ3v) is 4.99. The zero-order valence-corrected chi connectivity index (χ0v) is 18.7. The number of fused-ring (bicyclic) bond motifs is 1. The average molecular weight is 459 g/mol. The van der Waals surface area contributed by atoms with Crippen molar-refractivity contribution in [1.82, 2.24) is 9.97 Å². The number of aromatic nitrogens is 2. The van der Waals surface area contributed by atoms with Crippen molar-refractivity contribution in [3.63, 3.8) is 0 Å². The number of hydrogen-bond acceptors (Lipinski definition) is 8. The SMILES string of the molecule is COc1ccc(NC(=O)C(=O)c2ccc(Oc3ncnc4cc(OC)c(OC)cc34)cc2)cc1. The van der Waals surface area contributed by atoms with Crippen LogP contribution >= 0.6 is 0 Å². The molecule has 0 aliphatic carbocycles. The zero-order chi connectivity index (χ0) is 24.1. The number of amides is 1. The number of ketones is 1. The lowest BCUT2D eigenvalue weighted by molar-refractivity contribution is -0.112. The highest BCUT2D eigenvalue weighted by molar-refractivity contribution is 6.46. The standard InChI is InChI=1S/C25H21N3O6/c1-31-17-10-6-16(7-11-17)28-24(30)23(29)15-4-8-18(9-5-15)34-25-19-12-21(32-2)22(33-3)13-20(19)26-14-27-25/h4-14H,1-3H3,(H,28,30). The predicted molar refractivity (Wildman–Crippen MR) is 125 cm³/mol. The van der Waals surface area contributed by atoms with Gasteiger partial charge in [0.05, 0.1) is 32.2 Å². The molecule has 34 heavy (non-hydrogen) atoms. The van der Waals surface area contributed by atoms with Crippen LogP contribution in [0.2, 0.25) is 0 Å². The van der Waals surface area contributed by atoms with E-state index < -0.39 is 11.7 Å². The van der Waals surface area contributed by atoms with E-state index in [-0.39, 0.29) is 5.56 Å². The van der Waals surface area contributed by atoms with E-state index in [4.69, 9.17) is 18.9 Å². The summed E-state index contributed by atoms with van der Waals surface area (Å²) < 4.78 is 21.6. The number of rotatable bonds is 8. The molecule has 0 bridgehead atoms. The second kappa shape index (κ2) is 9.86. The fourth-order valence-corrected chi connectivity index (χ4v) is 3.22. The van der Waals surface area contributed by atoms with E-state index in [9.17, 15) is 9.59 Å². The Morgan fingerprint density at radius 1 is 0.765 bits per heavy atom. The van der Waals surface area contributed by atoms with Crippen LogP contribution < -0.4 is 24.3 Å². The van der Waals surface area contributed by atoms with Crippen LogP contribution in [0.25, 0.3) is 10.9 Å². The molecule has 3 aromatic carbocycles. The van der Waals surface area contributed by atoms with Crippen molar-refractivity contribution in [2.45, 2.75) is 0 Å². The first-order valence-electron chi connectivity index (χ1n) is 10.2. The first-order chi connectivity index (χ1) is 16.5. The van der Waals surface area contributed by atoms with Gasteiger partial charge in [0.2, 0.25) is 5.88 Å². The summed E-state index contributed by atoms with van der Waals surface area (Å²) in [5.74, 6) is 1.01. The Bertz CT molecular complexity index is 1340. The van der Waals surface area contributed by atoms with Gasteiger partial charge in [0, 0.05) is 17.3 Å². The van der Waals surface area contributed by atoms with Gasteiger partial charge in [-0.3, -0.25) is 9.59 Å². The third-order valence-electron chi connectivity index (χ3n) is 4.99. The monoisotopic (exact) mass is 459 g/mol. The molecule has 1 heterocycles. The number of nitrogens with zero attached hydrogens (tertiary/aromatic N) is 2. The Balaban J connectivity index is 1.49. The summed E-state index contributed by atoms with van der Waals surface area (Å²) >= 11 is 0. The topological polar surface area (TPSA) is 109 Å². The lowest BCUT2D eigenvalue weighted by atomic mass is 10.1. The first kappa shape index (κ1) is 22.5. The van der Waals surface area contributed by atoms with Crippen LogP contribution in [0.3, 0.4) is 0 Å². The van der Waals surface area contributed by atoms with Crippen LogP contribution in [0.15, 0.2) is 67.0 Å². The Kier molecular flexibility index (Phi) is 6.54. The summed E-state index contributed by atoms with van der Waals surface area (Å²) in [5.41, 5.74) is 1.32. The van der Waals surface area contributed by atoms with E-state index in [0.717, 1.165) is 0 Å². The lowest BCUT2D eigenvalue weighted by Gasteiger charge is -2.11. The molecule has 172 valence electrons. The van der Waals surface area contributed by atoms with Crippen LogP contribution in [0, 0.1) is 0 Å². The number of Topliss-reactive ketones (excluding diaryl/α,β-unsaturated/α-hetero) is 1. The largest absolute Gasteiger partial charge is 0.497 e. The normalized spacial score (nSPS) is 10.4. The fourth-order valence-electron chi connectivity index (χ4n) is 3.22. The first-order valence-corrected chi connectivity index (χ1v) is 10.2. The number of methoxy groups -OCH3 is 3. The second-order valence-electron chi connectivity index (χ2n) is 7.04. The predicted octanol–water partition coefficient (Wildman–Crippen LogP) is 4.27. The highest BCUT2D eigenvalue weighted by Gasteiger charge is 2.17. The molecule has 1 amide bonds. The Morgan fingerprint density at radius 3 is 2.06 bits per heavy atom. The maximum Gasteiger partial charge on any atom is 0.296 e. The van der Waals surface area contributed by atoms with Gasteiger partial charge in [-0.05, 0) is 54.6 Å². The minimum Gasteiger partial charge on any atom is -0.497 e. The summed E-state index contributed by atoms with van der Waals surface area (Å²) in [6.45, 7) is 0. The third kappa shape index (κ3) is 4.73. The van der Waals surface area contributed by atoms with E-state index >= 15 is 0 Å². The fraction of sp³-hybridized carbons (Fsp3) is 0.120. The number of ether oxygens (including phenoxy) is 4. The van der Waals surface area contributed by atoms with Crippen molar-refractivity contribution in [2.24, 2.45) is 0 Å². The maximum atomic E-state index is 12.5. The number of anilines is 1. The zero-order valence-electron chi connectivity index (χ0n) is 18.7. The van der Waals surface area contributed by atoms with Gasteiger partial charge in [0.1, 0.15) is 17.8 Å². The molecule has 0 spiro atoms. The minimum atomic E-state index is -0.748. The average Bonchev–Trinajstić information content (AvgIpc) is 2.88. The van der Waals surface area contributed by atoms with Crippen LogP contribution in [0.1, 0.15) is 10.4 Å². The summed E-state index contributed by atoms with van der Waals surface area (Å²) in [6, 6.07) is 16.3. The molecule has 0 atom stereocenters. The van der Waals surface area contributed by atoms with Crippen molar-refractivity contribution in [3.05, 3.63) is 72.6 Å². The summed E-state index contributed by atoms with van der Waals surface area (Å²) in [4.78, 5) is 33.3. The molecular weight excluding hydrogens is 438 g/mol. The molecular formula is C25H21N3O6. The Labute approximate surface area is 195 Å². The molecule has 0 aliphatic heterocycles. The molecule has 0 radical (unpaired) electrons. The molecule has 1 aromatic heterocycles. The van der Waals surface area contributed by atoms with Gasteiger partial charge in [0.25, 0.3) is 11.7 Å². The number of benzene rings is 3. The molecule has 1 N–H and O–H groups in total. The smallest absolute Gasteiger partial charge is 0.296 e. The van der Waals surface area contributed by atoms with Crippen LogP contribution in [-0.2, 0) is 4.79 Å². The van der Waals surface area contributed by atoms with Crippen molar-refractivity contribution in [3.8, 4) is 28.9 Å². The molecule has 4 aromatic rings. The van der Waals surface area contributed by atoms with Crippen molar-refractivity contribution in [1.29, 1.82) is 0 Å². The van der Waals surface area contributed by atoms with E-state index in [1.54, 1.807) is 62.8 Å². The van der Waals surface area contributed by atoms with Gasteiger partial charge in [-0.15, -0.1) is 0 Å². The van der Waals surface area contributed by atoms with Gasteiger partial charge in [-0.1, -0.05) is 0 Å². The van der Waals surface area contributed by atoms with E-state index in [2.05, 4.69) is 15.3 Å². The van der Waals surface area contributed by atoms with Gasteiger partial charge >= 0.3 is 0 Å². The second-order valence-corrected chi connectivity index (χ2v) is 7.04. The highest BCUT2D eigenvalue weighted by atomic mass is 16.5. The van der Waals surface area contributed by atoms with Crippen molar-refractivity contribution < 1.29 is 28.5 Å². The van der Waals surface area contributed by atoms with E-state index in [1.165, 1.54) is 25.6 Å². The minimum absolute atomic E-state index is 0.220. The molecule has 0 fully saturated rings. The number of hydrogen-bond donors (Lipinski definition) is 1. The van der Waals surface area contributed by atoms with E-state index in [1.807, 2.05) is 0 Å². The maximum absolute atomic E-state index is 12.5. The van der Waals surface area contributed by atoms with Crippen molar-refractivity contribution in [2.75, 3.05) is 26.6 Å². The Morgan fingerprint density at radius 2 is 1.41 bits per heavy atom. The molecule has 4 rings (SSSR count).